The first-order valence-electron chi connectivity index (χ1n) is 13.8. The number of imide groups is 1. The van der Waals surface area contributed by atoms with Crippen molar-refractivity contribution in [2.24, 2.45) is 0 Å². The zero-order valence-corrected chi connectivity index (χ0v) is 17.9. The number of fused-ring (bicyclic) bond motifs is 1. The van der Waals surface area contributed by atoms with E-state index in [1.807, 2.05) is 17.4 Å². The minimum Gasteiger partial charge on any atom is -0.381 e. The highest BCUT2D eigenvalue weighted by molar-refractivity contribution is 6.06. The van der Waals surface area contributed by atoms with Crippen molar-refractivity contribution in [3.05, 3.63) is 64.7 Å². The van der Waals surface area contributed by atoms with Crippen molar-refractivity contribution in [3.8, 4) is 0 Å². The summed E-state index contributed by atoms with van der Waals surface area (Å²) in [5, 5.41) is 5.12. The van der Waals surface area contributed by atoms with Crippen LogP contribution in [0.5, 0.6) is 0 Å². The van der Waals surface area contributed by atoms with Gasteiger partial charge >= 0.3 is 0 Å². The molecule has 0 radical (unpaired) electrons. The van der Waals surface area contributed by atoms with E-state index in [1.165, 1.54) is 0 Å². The Labute approximate surface area is 201 Å². The molecule has 2 saturated heterocycles. The van der Waals surface area contributed by atoms with Crippen LogP contribution in [0, 0.1) is 0 Å². The second-order valence-electron chi connectivity index (χ2n) is 8.02. The Kier molecular flexibility index (Phi) is 4.40. The summed E-state index contributed by atoms with van der Waals surface area (Å²) < 4.78 is 54.7. The van der Waals surface area contributed by atoms with E-state index in [-0.39, 0.29) is 12.1 Å². The molecule has 3 heterocycles. The number of piperidine rings is 1. The Bertz CT molecular complexity index is 1310. The molecule has 172 valence electrons. The van der Waals surface area contributed by atoms with Crippen LogP contribution < -0.4 is 10.6 Å². The van der Waals surface area contributed by atoms with Gasteiger partial charge < -0.3 is 15.0 Å². The summed E-state index contributed by atoms with van der Waals surface area (Å²) in [4.78, 5) is 40.5. The lowest BCUT2D eigenvalue weighted by atomic mass is 10.0. The standard InChI is InChI=1S/C25H28N4O4/c30-23-9-8-22(24(31)27-23)29-16-20-19(25(29)32)2-1-3-21(20)26-14-17-4-6-18(7-5-17)15-28-10-12-33-13-11-28/h1-7,22,26H,8-16H2,(H,27,30,31)/t22-/m0/s1/i8D2,9D2,15D2. The van der Waals surface area contributed by atoms with Gasteiger partial charge in [-0.3, -0.25) is 24.6 Å². The maximum atomic E-state index is 13.2. The van der Waals surface area contributed by atoms with Crippen LogP contribution in [0.25, 0.3) is 0 Å². The van der Waals surface area contributed by atoms with Crippen LogP contribution in [-0.2, 0) is 33.9 Å². The van der Waals surface area contributed by atoms with E-state index in [2.05, 4.69) is 5.32 Å². The van der Waals surface area contributed by atoms with E-state index < -0.39 is 43.0 Å². The van der Waals surface area contributed by atoms with Gasteiger partial charge in [-0.15, -0.1) is 0 Å². The quantitative estimate of drug-likeness (QED) is 0.648. The van der Waals surface area contributed by atoms with Crippen molar-refractivity contribution in [1.82, 2.24) is 15.1 Å². The number of carbonyl (C=O) groups is 3. The first-order valence-corrected chi connectivity index (χ1v) is 10.8. The molecular formula is C25H28N4O4. The zero-order chi connectivity index (χ0) is 28.2. The average Bonchev–Trinajstić information content (AvgIpc) is 3.23. The highest BCUT2D eigenvalue weighted by atomic mass is 16.5. The Morgan fingerprint density at radius 1 is 1.09 bits per heavy atom. The van der Waals surface area contributed by atoms with Crippen molar-refractivity contribution >= 4 is 23.4 Å². The molecule has 33 heavy (non-hydrogen) atoms. The Balaban J connectivity index is 1.32. The fourth-order valence-electron chi connectivity index (χ4n) is 4.11. The maximum Gasteiger partial charge on any atom is 0.255 e. The number of carbonyl (C=O) groups excluding carboxylic acids is 3. The van der Waals surface area contributed by atoms with Gasteiger partial charge in [0.2, 0.25) is 11.8 Å². The van der Waals surface area contributed by atoms with Gasteiger partial charge in [-0.05, 0) is 29.6 Å². The number of hydrogen-bond acceptors (Lipinski definition) is 6. The molecule has 0 unspecified atom stereocenters. The molecule has 3 aliphatic rings. The van der Waals surface area contributed by atoms with Gasteiger partial charge in [-0.2, -0.15) is 0 Å². The van der Waals surface area contributed by atoms with E-state index in [4.69, 9.17) is 13.0 Å². The third-order valence-electron chi connectivity index (χ3n) is 5.85. The Morgan fingerprint density at radius 2 is 1.85 bits per heavy atom. The zero-order valence-electron chi connectivity index (χ0n) is 23.9. The molecule has 0 aliphatic carbocycles. The van der Waals surface area contributed by atoms with E-state index in [0.717, 1.165) is 10.5 Å². The molecule has 8 heteroatoms. The molecule has 0 aromatic heterocycles. The average molecular weight is 455 g/mol. The van der Waals surface area contributed by atoms with Crippen molar-refractivity contribution in [2.45, 2.75) is 38.4 Å². The summed E-state index contributed by atoms with van der Waals surface area (Å²) in [5.41, 5.74) is 2.78. The second kappa shape index (κ2) is 9.33. The van der Waals surface area contributed by atoms with Crippen LogP contribution in [0.15, 0.2) is 42.5 Å². The van der Waals surface area contributed by atoms with E-state index in [1.54, 1.807) is 35.2 Å². The molecule has 5 rings (SSSR count). The SMILES string of the molecule is [2H]C([2H])(c1ccc(CNc2cccc3c2CN([C@@H]2C(=O)NC(=O)C([2H])([2H])C2([2H])[2H])C3=O)cc1)N1CCOCC1. The largest absolute Gasteiger partial charge is 0.381 e. The fourth-order valence-corrected chi connectivity index (χ4v) is 4.11. The molecule has 2 fully saturated rings. The number of nitrogens with one attached hydrogen (secondary N) is 2. The molecule has 2 N–H and O–H groups in total. The fraction of sp³-hybridized carbons (Fsp3) is 0.400. The third-order valence-corrected chi connectivity index (χ3v) is 5.85. The number of nitrogens with zero attached hydrogens (tertiary/aromatic N) is 2. The maximum absolute atomic E-state index is 13.2. The smallest absolute Gasteiger partial charge is 0.255 e. The lowest BCUT2D eigenvalue weighted by molar-refractivity contribution is -0.136. The number of amides is 3. The molecule has 0 spiro atoms. The summed E-state index contributed by atoms with van der Waals surface area (Å²) >= 11 is 0. The van der Waals surface area contributed by atoms with Gasteiger partial charge in [0, 0.05) is 64.1 Å². The molecule has 3 amide bonds. The predicted molar refractivity (Wildman–Crippen MR) is 122 cm³/mol. The topological polar surface area (TPSA) is 91.0 Å². The summed E-state index contributed by atoms with van der Waals surface area (Å²) in [6.45, 7) is 0.585. The van der Waals surface area contributed by atoms with Gasteiger partial charge in [0.15, 0.2) is 0 Å². The van der Waals surface area contributed by atoms with Crippen LogP contribution in [0.1, 0.15) is 48.0 Å². The van der Waals surface area contributed by atoms with Gasteiger partial charge in [0.25, 0.3) is 5.91 Å². The van der Waals surface area contributed by atoms with Crippen LogP contribution in [0.2, 0.25) is 0 Å². The van der Waals surface area contributed by atoms with Gasteiger partial charge in [-0.25, -0.2) is 0 Å². The summed E-state index contributed by atoms with van der Waals surface area (Å²) in [5.74, 6) is -3.06. The molecule has 3 aliphatic heterocycles. The number of benzene rings is 2. The van der Waals surface area contributed by atoms with Gasteiger partial charge in [0.1, 0.15) is 6.04 Å². The predicted octanol–water partition coefficient (Wildman–Crippen LogP) is 1.89. The number of anilines is 1. The second-order valence-corrected chi connectivity index (χ2v) is 8.02. The van der Waals surface area contributed by atoms with E-state index in [9.17, 15) is 14.4 Å². The first-order chi connectivity index (χ1) is 18.4. The minimum absolute atomic E-state index is 0.141. The molecule has 2 aromatic rings. The normalized spacial score (nSPS) is 27.3. The molecule has 8 nitrogen and oxygen atoms in total. The van der Waals surface area contributed by atoms with Crippen LogP contribution in [-0.4, -0.2) is 59.9 Å². The molecule has 0 saturated carbocycles. The highest BCUT2D eigenvalue weighted by Crippen LogP contribution is 2.32. The van der Waals surface area contributed by atoms with Crippen molar-refractivity contribution in [2.75, 3.05) is 31.6 Å². The summed E-state index contributed by atoms with van der Waals surface area (Å²) in [6.07, 6.45) is -5.95. The minimum atomic E-state index is -3.01. The monoisotopic (exact) mass is 454 g/mol. The van der Waals surface area contributed by atoms with Crippen molar-refractivity contribution in [3.63, 3.8) is 0 Å². The molecule has 0 bridgehead atoms. The molecular weight excluding hydrogens is 420 g/mol. The molecule has 2 aromatic carbocycles. The van der Waals surface area contributed by atoms with E-state index >= 15 is 0 Å². The lowest BCUT2D eigenvalue weighted by Crippen LogP contribution is -2.52. The number of rotatable bonds is 6. The number of ether oxygens (including phenoxy) is 1. The molecule has 1 atom stereocenters. The number of hydrogen-bond donors (Lipinski definition) is 2. The Hall–Kier alpha value is -3.23. The van der Waals surface area contributed by atoms with E-state index in [0.29, 0.717) is 49.7 Å². The van der Waals surface area contributed by atoms with Crippen LogP contribution >= 0.6 is 0 Å². The summed E-state index contributed by atoms with van der Waals surface area (Å²) in [7, 11) is 0. The van der Waals surface area contributed by atoms with Crippen molar-refractivity contribution < 1.29 is 27.3 Å². The third kappa shape index (κ3) is 4.62. The van der Waals surface area contributed by atoms with Gasteiger partial charge in [-0.1, -0.05) is 30.3 Å². The lowest BCUT2D eigenvalue weighted by Gasteiger charge is -2.29. The first kappa shape index (κ1) is 15.6. The van der Waals surface area contributed by atoms with Crippen LogP contribution in [0.3, 0.4) is 0 Å². The van der Waals surface area contributed by atoms with Crippen molar-refractivity contribution in [1.29, 1.82) is 0 Å². The van der Waals surface area contributed by atoms with Crippen LogP contribution in [0.4, 0.5) is 5.69 Å². The number of morpholine rings is 1. The summed E-state index contributed by atoms with van der Waals surface area (Å²) in [6, 6.07) is 10.3. The van der Waals surface area contributed by atoms with Gasteiger partial charge in [0.05, 0.1) is 13.2 Å². The highest BCUT2D eigenvalue weighted by Gasteiger charge is 2.39. The Morgan fingerprint density at radius 3 is 2.64 bits per heavy atom.